The number of halogens is 5. The predicted molar refractivity (Wildman–Crippen MR) is 48.5 cm³/mol. The molecule has 1 N–H and O–H groups in total. The van der Waals surface area contributed by atoms with E-state index in [1.54, 1.807) is 5.32 Å². The number of carbonyl (C=O) groups excluding carboxylic acids is 1. The van der Waals surface area contributed by atoms with Gasteiger partial charge in [0.15, 0.2) is 18.2 Å². The summed E-state index contributed by atoms with van der Waals surface area (Å²) in [6, 6.07) is -1.34. The molecule has 1 atom stereocenters. The summed E-state index contributed by atoms with van der Waals surface area (Å²) in [4.78, 5) is 10.8. The van der Waals surface area contributed by atoms with Crippen LogP contribution in [0.5, 0.6) is 0 Å². The zero-order chi connectivity index (χ0) is 13.5. The molecule has 0 aromatic heterocycles. The van der Waals surface area contributed by atoms with E-state index in [-0.39, 0.29) is 0 Å². The van der Waals surface area contributed by atoms with Crippen molar-refractivity contribution in [2.45, 2.75) is 12.0 Å². The van der Waals surface area contributed by atoms with Gasteiger partial charge >= 0.3 is 12.0 Å². The van der Waals surface area contributed by atoms with Crippen molar-refractivity contribution in [1.29, 1.82) is 0 Å². The van der Waals surface area contributed by atoms with Gasteiger partial charge in [0.25, 0.3) is 0 Å². The highest BCUT2D eigenvalue weighted by Crippen LogP contribution is 2.37. The highest BCUT2D eigenvalue weighted by molar-refractivity contribution is 5.69. The van der Waals surface area contributed by atoms with Crippen LogP contribution in [-0.4, -0.2) is 18.6 Å². The fraction of sp³-hybridized carbons (Fsp3) is 0.300. The second-order valence-corrected chi connectivity index (χ2v) is 3.67. The van der Waals surface area contributed by atoms with Crippen molar-refractivity contribution in [3.8, 4) is 0 Å². The van der Waals surface area contributed by atoms with Crippen molar-refractivity contribution in [3.05, 3.63) is 35.1 Å². The van der Waals surface area contributed by atoms with Crippen LogP contribution >= 0.6 is 0 Å². The Labute approximate surface area is 97.5 Å². The van der Waals surface area contributed by atoms with Gasteiger partial charge in [0.05, 0.1) is 5.56 Å². The monoisotopic (exact) mass is 267 g/mol. The molecule has 0 unspecified atom stereocenters. The molecular weight excluding hydrogens is 261 g/mol. The molecule has 2 rings (SSSR count). The summed E-state index contributed by atoms with van der Waals surface area (Å²) in [5.74, 6) is -8.37. The van der Waals surface area contributed by atoms with Crippen molar-refractivity contribution < 1.29 is 31.5 Å². The van der Waals surface area contributed by atoms with Crippen molar-refractivity contribution >= 4 is 6.09 Å². The average Bonchev–Trinajstić information content (AvgIpc) is 2.29. The highest BCUT2D eigenvalue weighted by atomic mass is 19.3. The Morgan fingerprint density at radius 3 is 2.50 bits per heavy atom. The Morgan fingerprint density at radius 1 is 1.22 bits per heavy atom. The predicted octanol–water partition coefficient (Wildman–Crippen LogP) is 2.52. The molecule has 1 amide bonds. The Hall–Kier alpha value is -1.86. The topological polar surface area (TPSA) is 38.3 Å². The minimum Gasteiger partial charge on any atom is -0.443 e. The summed E-state index contributed by atoms with van der Waals surface area (Å²) in [6.07, 6.45) is -1.26. The second-order valence-electron chi connectivity index (χ2n) is 3.67. The van der Waals surface area contributed by atoms with Crippen LogP contribution in [0.1, 0.15) is 11.6 Å². The van der Waals surface area contributed by atoms with Gasteiger partial charge in [-0.1, -0.05) is 0 Å². The van der Waals surface area contributed by atoms with Crippen molar-refractivity contribution in [2.24, 2.45) is 0 Å². The Kier molecular flexibility index (Phi) is 2.88. The van der Waals surface area contributed by atoms with Crippen LogP contribution in [0.3, 0.4) is 0 Å². The molecule has 0 bridgehead atoms. The molecule has 18 heavy (non-hydrogen) atoms. The number of carbonyl (C=O) groups is 1. The molecule has 8 heteroatoms. The van der Waals surface area contributed by atoms with Crippen molar-refractivity contribution in [3.63, 3.8) is 0 Å². The summed E-state index contributed by atoms with van der Waals surface area (Å²) >= 11 is 0. The van der Waals surface area contributed by atoms with E-state index in [1.807, 2.05) is 0 Å². The van der Waals surface area contributed by atoms with E-state index >= 15 is 0 Å². The maximum atomic E-state index is 13.4. The molecule has 0 spiro atoms. The van der Waals surface area contributed by atoms with Gasteiger partial charge in [-0.2, -0.15) is 0 Å². The number of hydrogen-bond acceptors (Lipinski definition) is 2. The van der Waals surface area contributed by atoms with Crippen LogP contribution in [0.25, 0.3) is 0 Å². The summed E-state index contributed by atoms with van der Waals surface area (Å²) in [7, 11) is 0. The molecule has 1 saturated heterocycles. The molecule has 3 nitrogen and oxygen atoms in total. The Bertz CT molecular complexity index is 505. The first-order chi connectivity index (χ1) is 8.33. The van der Waals surface area contributed by atoms with E-state index in [9.17, 15) is 26.7 Å². The number of rotatable bonds is 1. The SMILES string of the molecule is O=C1N[C@@H](c2c(F)ccc(F)c2F)C(F)(F)CO1. The number of hydrogen-bond donors (Lipinski definition) is 1. The van der Waals surface area contributed by atoms with Crippen LogP contribution < -0.4 is 5.32 Å². The summed E-state index contributed by atoms with van der Waals surface area (Å²) in [5.41, 5.74) is -1.23. The van der Waals surface area contributed by atoms with E-state index in [0.717, 1.165) is 0 Å². The van der Waals surface area contributed by atoms with E-state index in [4.69, 9.17) is 0 Å². The third-order valence-electron chi connectivity index (χ3n) is 2.45. The van der Waals surface area contributed by atoms with E-state index in [2.05, 4.69) is 4.74 Å². The fourth-order valence-corrected chi connectivity index (χ4v) is 1.60. The lowest BCUT2D eigenvalue weighted by atomic mass is 9.98. The summed E-state index contributed by atoms with van der Waals surface area (Å²) < 4.78 is 70.5. The van der Waals surface area contributed by atoms with E-state index in [1.165, 1.54) is 0 Å². The minimum atomic E-state index is -3.75. The van der Waals surface area contributed by atoms with Gasteiger partial charge in [0.1, 0.15) is 11.9 Å². The zero-order valence-corrected chi connectivity index (χ0v) is 8.65. The number of alkyl halides is 2. The second kappa shape index (κ2) is 4.11. The Balaban J connectivity index is 2.52. The highest BCUT2D eigenvalue weighted by Gasteiger charge is 2.49. The first kappa shape index (κ1) is 12.6. The normalized spacial score (nSPS) is 22.3. The molecule has 1 aliphatic rings. The molecule has 1 heterocycles. The number of cyclic esters (lactones) is 1. The van der Waals surface area contributed by atoms with Crippen LogP contribution in [0, 0.1) is 17.5 Å². The first-order valence-corrected chi connectivity index (χ1v) is 4.77. The molecule has 98 valence electrons. The standard InChI is InChI=1S/C10H6F5NO2/c11-4-1-2-5(12)7(13)6(4)8-10(14,15)3-18-9(17)16-8/h1-2,8H,3H2,(H,16,17)/t8-/m0/s1. The molecule has 0 saturated carbocycles. The number of ether oxygens (including phenoxy) is 1. The largest absolute Gasteiger partial charge is 0.443 e. The average molecular weight is 267 g/mol. The van der Waals surface area contributed by atoms with Gasteiger partial charge in [-0.05, 0) is 12.1 Å². The number of amides is 1. The lowest BCUT2D eigenvalue weighted by Gasteiger charge is -2.32. The van der Waals surface area contributed by atoms with E-state index in [0.29, 0.717) is 12.1 Å². The van der Waals surface area contributed by atoms with Crippen LogP contribution in [0.15, 0.2) is 12.1 Å². The molecule has 1 aromatic rings. The van der Waals surface area contributed by atoms with Crippen LogP contribution in [-0.2, 0) is 4.74 Å². The summed E-state index contributed by atoms with van der Waals surface area (Å²) in [5, 5.41) is 1.57. The smallest absolute Gasteiger partial charge is 0.408 e. The first-order valence-electron chi connectivity index (χ1n) is 4.77. The van der Waals surface area contributed by atoms with Gasteiger partial charge in [-0.25, -0.2) is 26.7 Å². The maximum Gasteiger partial charge on any atom is 0.408 e. The van der Waals surface area contributed by atoms with E-state index < -0.39 is 47.7 Å². The van der Waals surface area contributed by atoms with Crippen LogP contribution in [0.4, 0.5) is 26.7 Å². The minimum absolute atomic E-state index is 0.466. The maximum absolute atomic E-state index is 13.4. The van der Waals surface area contributed by atoms with Gasteiger partial charge in [0, 0.05) is 0 Å². The quantitative estimate of drug-likeness (QED) is 0.627. The fourth-order valence-electron chi connectivity index (χ4n) is 1.60. The third kappa shape index (κ3) is 1.98. The molecule has 1 aromatic carbocycles. The lowest BCUT2D eigenvalue weighted by molar-refractivity contribution is -0.105. The van der Waals surface area contributed by atoms with Crippen LogP contribution in [0.2, 0.25) is 0 Å². The number of benzene rings is 1. The molecule has 0 aliphatic carbocycles. The van der Waals surface area contributed by atoms with Gasteiger partial charge in [-0.15, -0.1) is 0 Å². The van der Waals surface area contributed by atoms with Crippen molar-refractivity contribution in [2.75, 3.05) is 6.61 Å². The molecule has 1 aliphatic heterocycles. The van der Waals surface area contributed by atoms with Gasteiger partial charge < -0.3 is 10.1 Å². The molecular formula is C10H6F5NO2. The zero-order valence-electron chi connectivity index (χ0n) is 8.65. The van der Waals surface area contributed by atoms with Crippen molar-refractivity contribution in [1.82, 2.24) is 5.32 Å². The Morgan fingerprint density at radius 2 is 1.83 bits per heavy atom. The summed E-state index contributed by atoms with van der Waals surface area (Å²) in [6.45, 7) is -1.33. The molecule has 1 fully saturated rings. The molecule has 0 radical (unpaired) electrons. The number of nitrogens with one attached hydrogen (secondary N) is 1. The third-order valence-corrected chi connectivity index (χ3v) is 2.45. The van der Waals surface area contributed by atoms with Gasteiger partial charge in [0.2, 0.25) is 0 Å². The lowest BCUT2D eigenvalue weighted by Crippen LogP contribution is -2.50. The number of alkyl carbamates (subject to hydrolysis) is 1. The van der Waals surface area contributed by atoms with Gasteiger partial charge in [-0.3, -0.25) is 0 Å².